The first kappa shape index (κ1) is 73.7. The highest BCUT2D eigenvalue weighted by Crippen LogP contribution is 2.21. The Bertz CT molecular complexity index is 3350. The van der Waals surface area contributed by atoms with Crippen molar-refractivity contribution in [3.8, 4) is 11.5 Å². The van der Waals surface area contributed by atoms with Gasteiger partial charge >= 0.3 is 23.9 Å². The van der Waals surface area contributed by atoms with Crippen LogP contribution in [0.3, 0.4) is 0 Å². The summed E-state index contributed by atoms with van der Waals surface area (Å²) in [5.41, 5.74) is 7.83. The summed E-state index contributed by atoms with van der Waals surface area (Å²) in [6.45, 7) is 3.61. The fourth-order valence-corrected chi connectivity index (χ4v) is 9.82. The van der Waals surface area contributed by atoms with Crippen molar-refractivity contribution in [1.29, 1.82) is 0 Å². The van der Waals surface area contributed by atoms with Crippen LogP contribution in [0, 0.1) is 5.92 Å². The van der Waals surface area contributed by atoms with Gasteiger partial charge in [0.15, 0.2) is 0 Å². The van der Waals surface area contributed by atoms with Gasteiger partial charge in [-0.15, -0.1) is 0 Å². The number of aromatic amines is 1. The number of aliphatic carboxylic acids is 4. The minimum Gasteiger partial charge on any atom is -0.508 e. The summed E-state index contributed by atoms with van der Waals surface area (Å²) in [6, 6.07) is 2.84. The second-order valence-corrected chi connectivity index (χ2v) is 22.6. The van der Waals surface area contributed by atoms with Crippen LogP contribution in [0.15, 0.2) is 91.4 Å². The fourth-order valence-electron chi connectivity index (χ4n) is 9.82. The Morgan fingerprint density at radius 3 is 1.54 bits per heavy atom. The maximum atomic E-state index is 14.5. The summed E-state index contributed by atoms with van der Waals surface area (Å²) in [5, 5.41) is 79.9. The molecule has 10 atom stereocenters. The van der Waals surface area contributed by atoms with Crippen molar-refractivity contribution in [2.24, 2.45) is 11.7 Å². The molecule has 0 saturated carbocycles. The molecule has 0 unspecified atom stereocenters. The van der Waals surface area contributed by atoms with Gasteiger partial charge in [0.05, 0.1) is 31.8 Å². The molecule has 1 aliphatic heterocycles. The molecule has 0 spiro atoms. The van der Waals surface area contributed by atoms with Gasteiger partial charge in [-0.3, -0.25) is 62.3 Å². The standard InChI is InChI=1S/C61H77N13O20/c1-31(2)51(73-58(90)46-10-7-21-74(46)60(92)39(62)25-36-28-63-30-65-36)59(91)64-29-47(77)67-43(26-49(80)81)54(86)66-32(3)52(84)69-44(27-50(82)83)57(89)71-42(23-34-11-15-37(75)16-12-34)56(88)70-41(22-33-8-5-4-6-9-33)55(87)68-40(19-20-48(78)79)53(85)72-45(61(93)94)24-35-13-17-38(76)18-14-35/h4-6,8-9,11-18,28,30-32,39-46,51,75-76H,7,10,19-27,29,62H2,1-3H3,(H,63,65)(H,64,91)(H,66,86)(H,67,77)(H,68,87)(H,69,84)(H,70,88)(H,71,89)(H,72,85)(H,73,90)(H,78,79)(H,80,81)(H,82,83)(H,93,94)/t32-,39-,40-,41-,42-,43-,44-,45-,46-,51-/m0/s1. The lowest BCUT2D eigenvalue weighted by Gasteiger charge is -2.29. The summed E-state index contributed by atoms with van der Waals surface area (Å²) in [5.74, 6) is -17.4. The summed E-state index contributed by atoms with van der Waals surface area (Å²) < 4.78 is 0. The van der Waals surface area contributed by atoms with E-state index in [2.05, 4.69) is 57.8 Å². The number of hydrogen-bond acceptors (Lipinski definition) is 18. The predicted octanol–water partition coefficient (Wildman–Crippen LogP) is -3.02. The third kappa shape index (κ3) is 23.7. The van der Waals surface area contributed by atoms with Gasteiger partial charge in [0, 0.05) is 50.5 Å². The number of H-pyrrole nitrogens is 1. The zero-order valence-corrected chi connectivity index (χ0v) is 51.4. The highest BCUT2D eigenvalue weighted by Gasteiger charge is 2.40. The molecule has 33 heteroatoms. The van der Waals surface area contributed by atoms with E-state index in [-0.39, 0.29) is 49.3 Å². The first-order valence-electron chi connectivity index (χ1n) is 29.7. The van der Waals surface area contributed by atoms with E-state index < -0.39 is 188 Å². The van der Waals surface area contributed by atoms with Gasteiger partial charge in [-0.05, 0) is 73.1 Å². The molecule has 2 heterocycles. The van der Waals surface area contributed by atoms with Crippen molar-refractivity contribution < 1.29 is 97.8 Å². The quantitative estimate of drug-likeness (QED) is 0.0215. The number of phenolic OH excluding ortho intramolecular Hbond substituents is 2. The number of carbonyl (C=O) groups is 14. The van der Waals surface area contributed by atoms with Gasteiger partial charge in [0.2, 0.25) is 59.1 Å². The molecule has 10 amide bonds. The number of imidazole rings is 1. The largest absolute Gasteiger partial charge is 0.508 e. The number of rotatable bonds is 36. The first-order valence-corrected chi connectivity index (χ1v) is 29.7. The number of likely N-dealkylation sites (tertiary alicyclic amines) is 1. The highest BCUT2D eigenvalue weighted by atomic mass is 16.4. The lowest BCUT2D eigenvalue weighted by molar-refractivity contribution is -0.143. The van der Waals surface area contributed by atoms with Crippen molar-refractivity contribution in [2.45, 2.75) is 145 Å². The molecular formula is C61H77N13O20. The minimum atomic E-state index is -2.05. The zero-order valence-electron chi connectivity index (χ0n) is 51.4. The number of aromatic hydroxyl groups is 2. The topological polar surface area (TPSA) is 527 Å². The van der Waals surface area contributed by atoms with E-state index in [1.54, 1.807) is 44.2 Å². The van der Waals surface area contributed by atoms with Crippen LogP contribution in [0.2, 0.25) is 0 Å². The summed E-state index contributed by atoms with van der Waals surface area (Å²) in [7, 11) is 0. The molecular weight excluding hydrogens is 1230 g/mol. The van der Waals surface area contributed by atoms with E-state index >= 15 is 0 Å². The van der Waals surface area contributed by atoms with E-state index in [0.29, 0.717) is 23.2 Å². The first-order chi connectivity index (χ1) is 44.5. The van der Waals surface area contributed by atoms with E-state index in [1.165, 1.54) is 66.0 Å². The number of carboxylic acid groups (broad SMARTS) is 4. The monoisotopic (exact) mass is 1310 g/mol. The Labute approximate surface area is 537 Å². The van der Waals surface area contributed by atoms with Crippen LogP contribution in [0.5, 0.6) is 11.5 Å². The number of nitrogens with one attached hydrogen (secondary N) is 10. The Morgan fingerprint density at radius 2 is 1.03 bits per heavy atom. The Kier molecular flexibility index (Phi) is 27.9. The summed E-state index contributed by atoms with van der Waals surface area (Å²) in [4.78, 5) is 194. The fraction of sp³-hybridized carbons (Fsp3) is 0.426. The van der Waals surface area contributed by atoms with Crippen LogP contribution in [-0.4, -0.2) is 202 Å². The Morgan fingerprint density at radius 1 is 0.553 bits per heavy atom. The molecule has 0 bridgehead atoms. The second-order valence-electron chi connectivity index (χ2n) is 22.6. The maximum Gasteiger partial charge on any atom is 0.326 e. The van der Waals surface area contributed by atoms with Gasteiger partial charge < -0.3 is 94.1 Å². The molecule has 94 heavy (non-hydrogen) atoms. The summed E-state index contributed by atoms with van der Waals surface area (Å²) in [6.07, 6.45) is -0.800. The van der Waals surface area contributed by atoms with Gasteiger partial charge in [-0.2, -0.15) is 0 Å². The van der Waals surface area contributed by atoms with Gasteiger partial charge in [-0.25, -0.2) is 9.78 Å². The number of amides is 10. The molecule has 1 aliphatic rings. The molecule has 0 radical (unpaired) electrons. The van der Waals surface area contributed by atoms with Gasteiger partial charge in [0.25, 0.3) is 0 Å². The average molecular weight is 1310 g/mol. The molecule has 5 rings (SSSR count). The van der Waals surface area contributed by atoms with Gasteiger partial charge in [-0.1, -0.05) is 68.4 Å². The van der Waals surface area contributed by atoms with Crippen LogP contribution >= 0.6 is 0 Å². The van der Waals surface area contributed by atoms with Crippen LogP contribution in [-0.2, 0) is 92.8 Å². The third-order valence-electron chi connectivity index (χ3n) is 14.8. The Hall–Kier alpha value is -11.0. The molecule has 1 fully saturated rings. The number of nitrogens with zero attached hydrogens (tertiary/aromatic N) is 2. The van der Waals surface area contributed by atoms with E-state index in [4.69, 9.17) is 5.73 Å². The lowest BCUT2D eigenvalue weighted by atomic mass is 10.0. The highest BCUT2D eigenvalue weighted by molar-refractivity contribution is 6.00. The number of nitrogens with two attached hydrogens (primary N) is 1. The van der Waals surface area contributed by atoms with Crippen molar-refractivity contribution >= 4 is 82.9 Å². The predicted molar refractivity (Wildman–Crippen MR) is 327 cm³/mol. The molecule has 4 aromatic rings. The maximum absolute atomic E-state index is 14.5. The summed E-state index contributed by atoms with van der Waals surface area (Å²) >= 11 is 0. The Balaban J connectivity index is 1.27. The third-order valence-corrected chi connectivity index (χ3v) is 14.8. The number of phenols is 2. The van der Waals surface area contributed by atoms with Crippen LogP contribution in [0.1, 0.15) is 81.7 Å². The number of carbonyl (C=O) groups excluding carboxylic acids is 10. The number of hydrogen-bond donors (Lipinski definition) is 17. The number of aromatic nitrogens is 2. The molecule has 0 aliphatic carbocycles. The molecule has 18 N–H and O–H groups in total. The smallest absolute Gasteiger partial charge is 0.326 e. The lowest BCUT2D eigenvalue weighted by Crippen LogP contribution is -2.60. The minimum absolute atomic E-state index is 0.120. The zero-order chi connectivity index (χ0) is 69.3. The molecule has 1 saturated heterocycles. The number of benzene rings is 3. The second kappa shape index (κ2) is 35.6. The van der Waals surface area contributed by atoms with E-state index in [0.717, 1.165) is 6.92 Å². The van der Waals surface area contributed by atoms with Crippen molar-refractivity contribution in [1.82, 2.24) is 62.7 Å². The molecule has 33 nitrogen and oxygen atoms in total. The normalized spacial score (nSPS) is 15.5. The van der Waals surface area contributed by atoms with Crippen LogP contribution in [0.25, 0.3) is 0 Å². The molecule has 1 aromatic heterocycles. The van der Waals surface area contributed by atoms with Crippen molar-refractivity contribution in [3.63, 3.8) is 0 Å². The molecule has 506 valence electrons. The van der Waals surface area contributed by atoms with Gasteiger partial charge in [0.1, 0.15) is 65.9 Å². The van der Waals surface area contributed by atoms with Crippen molar-refractivity contribution in [2.75, 3.05) is 13.1 Å². The van der Waals surface area contributed by atoms with Crippen molar-refractivity contribution in [3.05, 3.63) is 114 Å². The van der Waals surface area contributed by atoms with E-state index in [1.807, 2.05) is 0 Å². The molecule has 3 aromatic carbocycles. The van der Waals surface area contributed by atoms with Crippen LogP contribution in [0.4, 0.5) is 0 Å². The van der Waals surface area contributed by atoms with Crippen LogP contribution < -0.4 is 53.6 Å². The SMILES string of the molecule is CC(C)[C@H](NC(=O)[C@@H]1CCCN1C(=O)[C@@H](N)Cc1cnc[nH]1)C(=O)NCC(=O)N[C@@H](CC(=O)O)C(=O)N[C@@H](C)C(=O)N[C@@H](CC(=O)O)C(=O)N[C@@H](Cc1ccc(O)cc1)C(=O)N[C@@H](Cc1ccccc1)C(=O)N[C@@H](CCC(=O)O)C(=O)N[C@@H](Cc1ccc(O)cc1)C(=O)O. The number of carboxylic acids is 4. The average Bonchev–Trinajstić information content (AvgIpc) is 1.60. The van der Waals surface area contributed by atoms with E-state index in [9.17, 15) is 97.8 Å².